The van der Waals surface area contributed by atoms with Gasteiger partial charge in [0.25, 0.3) is 0 Å². The minimum Gasteiger partial charge on any atom is -0.508 e. The lowest BCUT2D eigenvalue weighted by Crippen LogP contribution is -1.89. The number of aliphatic hydroxyl groups excluding tert-OH is 2. The fraction of sp³-hybridized carbons (Fsp3) is 0.143. The molecule has 0 aliphatic heterocycles. The van der Waals surface area contributed by atoms with Crippen LogP contribution in [0.4, 0.5) is 0 Å². The zero-order valence-corrected chi connectivity index (χ0v) is 10.9. The van der Waals surface area contributed by atoms with Crippen LogP contribution in [-0.2, 0) is 13.2 Å². The molecule has 0 heterocycles. The Morgan fingerprint density at radius 1 is 0.789 bits per heavy atom. The van der Waals surface area contributed by atoms with E-state index in [-0.39, 0.29) is 24.7 Å². The van der Waals surface area contributed by atoms with E-state index in [4.69, 9.17) is 26.9 Å². The second-order valence-corrected chi connectivity index (χ2v) is 4.15. The number of benzene rings is 2. The Balaban J connectivity index is 0.000000200. The van der Waals surface area contributed by atoms with Crippen LogP contribution in [0.5, 0.6) is 11.5 Å². The lowest BCUT2D eigenvalue weighted by Gasteiger charge is -2.04. The first kappa shape index (κ1) is 15.3. The van der Waals surface area contributed by atoms with Gasteiger partial charge in [0.05, 0.1) is 13.2 Å². The van der Waals surface area contributed by atoms with Crippen molar-refractivity contribution >= 4 is 11.6 Å². The molecule has 5 heteroatoms. The van der Waals surface area contributed by atoms with E-state index in [2.05, 4.69) is 0 Å². The highest BCUT2D eigenvalue weighted by Crippen LogP contribution is 2.21. The van der Waals surface area contributed by atoms with E-state index >= 15 is 0 Å². The van der Waals surface area contributed by atoms with Gasteiger partial charge in [0, 0.05) is 16.1 Å². The van der Waals surface area contributed by atoms with Gasteiger partial charge in [-0.3, -0.25) is 0 Å². The van der Waals surface area contributed by atoms with Crippen molar-refractivity contribution in [3.63, 3.8) is 0 Å². The fourth-order valence-electron chi connectivity index (χ4n) is 1.34. The minimum absolute atomic E-state index is 0.0162. The van der Waals surface area contributed by atoms with Crippen LogP contribution >= 0.6 is 11.6 Å². The van der Waals surface area contributed by atoms with Gasteiger partial charge in [-0.2, -0.15) is 0 Å². The SMILES string of the molecule is OCc1cccc(CO)c1O.Oc1ccc(Cl)cc1. The highest BCUT2D eigenvalue weighted by atomic mass is 35.5. The summed E-state index contributed by atoms with van der Waals surface area (Å²) in [6.45, 7) is -0.417. The van der Waals surface area contributed by atoms with Crippen molar-refractivity contribution in [2.45, 2.75) is 13.2 Å². The molecule has 2 aromatic carbocycles. The number of para-hydroxylation sites is 1. The maximum atomic E-state index is 9.27. The summed E-state index contributed by atoms with van der Waals surface area (Å²) in [6, 6.07) is 11.2. The van der Waals surface area contributed by atoms with Crippen molar-refractivity contribution in [3.05, 3.63) is 58.6 Å². The molecule has 0 saturated heterocycles. The standard InChI is InChI=1S/C8H10O3.C6H5ClO/c9-4-6-2-1-3-7(5-10)8(6)11;7-5-1-3-6(8)4-2-5/h1-3,9-11H,4-5H2;1-4,8H. The van der Waals surface area contributed by atoms with Gasteiger partial charge >= 0.3 is 0 Å². The van der Waals surface area contributed by atoms with Crippen molar-refractivity contribution in [3.8, 4) is 11.5 Å². The molecule has 0 bridgehead atoms. The molecule has 0 aliphatic carbocycles. The minimum atomic E-state index is -0.209. The van der Waals surface area contributed by atoms with Gasteiger partial charge in [-0.25, -0.2) is 0 Å². The third-order valence-corrected chi connectivity index (χ3v) is 2.62. The summed E-state index contributed by atoms with van der Waals surface area (Å²) in [7, 11) is 0. The predicted molar refractivity (Wildman–Crippen MR) is 73.1 cm³/mol. The Hall–Kier alpha value is -1.75. The van der Waals surface area contributed by atoms with E-state index in [1.165, 1.54) is 0 Å². The molecular formula is C14H15ClO4. The molecule has 102 valence electrons. The van der Waals surface area contributed by atoms with Crippen molar-refractivity contribution in [2.75, 3.05) is 0 Å². The first-order valence-corrected chi connectivity index (χ1v) is 5.92. The van der Waals surface area contributed by atoms with Crippen LogP contribution in [0.1, 0.15) is 11.1 Å². The first-order valence-electron chi connectivity index (χ1n) is 5.54. The van der Waals surface area contributed by atoms with Crippen molar-refractivity contribution in [1.29, 1.82) is 0 Å². The third kappa shape index (κ3) is 4.79. The Bertz CT molecular complexity index is 468. The van der Waals surface area contributed by atoms with Gasteiger partial charge in [-0.1, -0.05) is 29.8 Å². The summed E-state index contributed by atoms with van der Waals surface area (Å²) in [5.74, 6) is 0.229. The van der Waals surface area contributed by atoms with E-state index < -0.39 is 0 Å². The number of hydrogen-bond acceptors (Lipinski definition) is 4. The average molecular weight is 283 g/mol. The number of hydrogen-bond donors (Lipinski definition) is 4. The molecule has 0 fully saturated rings. The molecule has 0 unspecified atom stereocenters. The van der Waals surface area contributed by atoms with Gasteiger partial charge in [-0.05, 0) is 24.3 Å². The van der Waals surface area contributed by atoms with Gasteiger partial charge in [0.1, 0.15) is 11.5 Å². The Morgan fingerprint density at radius 2 is 1.26 bits per heavy atom. The molecule has 0 saturated carbocycles. The van der Waals surface area contributed by atoms with Gasteiger partial charge in [0.2, 0.25) is 0 Å². The van der Waals surface area contributed by atoms with Gasteiger partial charge in [0.15, 0.2) is 0 Å². The van der Waals surface area contributed by atoms with E-state index in [9.17, 15) is 5.11 Å². The second-order valence-electron chi connectivity index (χ2n) is 3.72. The van der Waals surface area contributed by atoms with E-state index in [1.807, 2.05) is 0 Å². The summed E-state index contributed by atoms with van der Waals surface area (Å²) in [5.41, 5.74) is 0.883. The number of rotatable bonds is 2. The molecule has 4 nitrogen and oxygen atoms in total. The number of aromatic hydroxyl groups is 2. The molecule has 0 atom stereocenters. The summed E-state index contributed by atoms with van der Waals surface area (Å²) in [5, 5.41) is 36.0. The highest BCUT2D eigenvalue weighted by molar-refractivity contribution is 6.30. The molecule has 4 N–H and O–H groups in total. The molecular weight excluding hydrogens is 268 g/mol. The molecule has 19 heavy (non-hydrogen) atoms. The maximum absolute atomic E-state index is 9.27. The smallest absolute Gasteiger partial charge is 0.126 e. The molecule has 0 aromatic heterocycles. The van der Waals surface area contributed by atoms with E-state index in [1.54, 1.807) is 42.5 Å². The van der Waals surface area contributed by atoms with Crippen molar-refractivity contribution in [2.24, 2.45) is 0 Å². The zero-order chi connectivity index (χ0) is 14.3. The summed E-state index contributed by atoms with van der Waals surface area (Å²) in [4.78, 5) is 0. The fourth-order valence-corrected chi connectivity index (χ4v) is 1.47. The number of phenols is 2. The van der Waals surface area contributed by atoms with Crippen LogP contribution in [0.3, 0.4) is 0 Å². The lowest BCUT2D eigenvalue weighted by molar-refractivity contribution is 0.264. The van der Waals surface area contributed by atoms with Gasteiger partial charge < -0.3 is 20.4 Å². The van der Waals surface area contributed by atoms with E-state index in [0.29, 0.717) is 16.1 Å². The van der Waals surface area contributed by atoms with Crippen LogP contribution in [0.2, 0.25) is 5.02 Å². The summed E-state index contributed by atoms with van der Waals surface area (Å²) in [6.07, 6.45) is 0. The molecule has 0 amide bonds. The summed E-state index contributed by atoms with van der Waals surface area (Å²) < 4.78 is 0. The van der Waals surface area contributed by atoms with Crippen LogP contribution < -0.4 is 0 Å². The average Bonchev–Trinajstić information content (AvgIpc) is 2.43. The Labute approximate surface area is 116 Å². The van der Waals surface area contributed by atoms with Crippen LogP contribution in [-0.4, -0.2) is 20.4 Å². The topological polar surface area (TPSA) is 80.9 Å². The second kappa shape index (κ2) is 7.63. The van der Waals surface area contributed by atoms with Crippen LogP contribution in [0, 0.1) is 0 Å². The number of phenolic OH excluding ortho intramolecular Hbond substituents is 1. The zero-order valence-electron chi connectivity index (χ0n) is 10.1. The highest BCUT2D eigenvalue weighted by Gasteiger charge is 2.03. The number of halogens is 1. The van der Waals surface area contributed by atoms with Crippen LogP contribution in [0.15, 0.2) is 42.5 Å². The molecule has 0 aliphatic rings. The normalized spacial score (nSPS) is 9.63. The largest absolute Gasteiger partial charge is 0.508 e. The Kier molecular flexibility index (Phi) is 6.15. The quantitative estimate of drug-likeness (QED) is 0.682. The summed E-state index contributed by atoms with van der Waals surface area (Å²) >= 11 is 5.50. The first-order chi connectivity index (χ1) is 9.08. The Morgan fingerprint density at radius 3 is 1.63 bits per heavy atom. The predicted octanol–water partition coefficient (Wildman–Crippen LogP) is 2.42. The maximum Gasteiger partial charge on any atom is 0.126 e. The monoisotopic (exact) mass is 282 g/mol. The molecule has 2 aromatic rings. The van der Waals surface area contributed by atoms with E-state index in [0.717, 1.165) is 0 Å². The third-order valence-electron chi connectivity index (χ3n) is 2.37. The van der Waals surface area contributed by atoms with Crippen LogP contribution in [0.25, 0.3) is 0 Å². The van der Waals surface area contributed by atoms with Crippen molar-refractivity contribution in [1.82, 2.24) is 0 Å². The van der Waals surface area contributed by atoms with Gasteiger partial charge in [-0.15, -0.1) is 0 Å². The molecule has 0 spiro atoms. The molecule has 2 rings (SSSR count). The van der Waals surface area contributed by atoms with Crippen molar-refractivity contribution < 1.29 is 20.4 Å². The number of aliphatic hydroxyl groups is 2. The molecule has 0 radical (unpaired) electrons. The lowest BCUT2D eigenvalue weighted by atomic mass is 10.1.